The van der Waals surface area contributed by atoms with Crippen LogP contribution in [0, 0.1) is 0 Å². The molecule has 0 aliphatic rings. The summed E-state index contributed by atoms with van der Waals surface area (Å²) in [6.45, 7) is 6.56. The van der Waals surface area contributed by atoms with Crippen LogP contribution in [0.4, 0.5) is 10.5 Å². The summed E-state index contributed by atoms with van der Waals surface area (Å²) in [7, 11) is 0. The maximum atomic E-state index is 11.8. The van der Waals surface area contributed by atoms with Gasteiger partial charge in [-0.25, -0.2) is 4.79 Å². The van der Waals surface area contributed by atoms with Gasteiger partial charge in [0.2, 0.25) is 0 Å². The average molecular weight is 277 g/mol. The van der Waals surface area contributed by atoms with Crippen LogP contribution in [0.5, 0.6) is 0 Å². The van der Waals surface area contributed by atoms with Crippen LogP contribution in [0.2, 0.25) is 0 Å². The number of hydrogen-bond donors (Lipinski definition) is 3. The molecule has 0 unspecified atom stereocenters. The first-order valence-corrected chi connectivity index (χ1v) is 6.98. The molecule has 0 saturated heterocycles. The Kier molecular flexibility index (Phi) is 6.56. The molecule has 0 aliphatic carbocycles. The molecule has 1 aromatic carbocycles. The Morgan fingerprint density at radius 1 is 1.15 bits per heavy atom. The van der Waals surface area contributed by atoms with E-state index in [0.29, 0.717) is 17.8 Å². The van der Waals surface area contributed by atoms with E-state index >= 15 is 0 Å². The van der Waals surface area contributed by atoms with Crippen LogP contribution in [0.15, 0.2) is 24.3 Å². The molecule has 0 aromatic heterocycles. The van der Waals surface area contributed by atoms with Gasteiger partial charge in [0.25, 0.3) is 5.91 Å². The van der Waals surface area contributed by atoms with Crippen molar-refractivity contribution in [2.24, 2.45) is 0 Å². The van der Waals surface area contributed by atoms with Crippen LogP contribution in [-0.2, 0) is 0 Å². The number of carbonyl (C=O) groups excluding carboxylic acids is 2. The molecule has 0 radical (unpaired) electrons. The van der Waals surface area contributed by atoms with Gasteiger partial charge in [0, 0.05) is 23.8 Å². The minimum Gasteiger partial charge on any atom is -0.350 e. The highest BCUT2D eigenvalue weighted by Crippen LogP contribution is 2.09. The van der Waals surface area contributed by atoms with Crippen molar-refractivity contribution in [3.63, 3.8) is 0 Å². The van der Waals surface area contributed by atoms with E-state index in [4.69, 9.17) is 0 Å². The van der Waals surface area contributed by atoms with Crippen molar-refractivity contribution >= 4 is 17.6 Å². The maximum Gasteiger partial charge on any atom is 0.319 e. The van der Waals surface area contributed by atoms with Crippen molar-refractivity contribution in [2.75, 3.05) is 11.9 Å². The quantitative estimate of drug-likeness (QED) is 0.700. The fraction of sp³-hybridized carbons (Fsp3) is 0.467. The highest BCUT2D eigenvalue weighted by molar-refractivity contribution is 5.95. The smallest absolute Gasteiger partial charge is 0.319 e. The molecule has 5 heteroatoms. The summed E-state index contributed by atoms with van der Waals surface area (Å²) in [5.41, 5.74) is 1.25. The average Bonchev–Trinajstić information content (AvgIpc) is 2.39. The lowest BCUT2D eigenvalue weighted by Gasteiger charge is -2.10. The van der Waals surface area contributed by atoms with Gasteiger partial charge in [-0.3, -0.25) is 4.79 Å². The van der Waals surface area contributed by atoms with Gasteiger partial charge in [-0.05, 0) is 44.5 Å². The van der Waals surface area contributed by atoms with E-state index < -0.39 is 0 Å². The molecule has 0 heterocycles. The lowest BCUT2D eigenvalue weighted by molar-refractivity contribution is 0.0943. The molecule has 0 spiro atoms. The number of nitrogens with one attached hydrogen (secondary N) is 3. The van der Waals surface area contributed by atoms with Gasteiger partial charge in [-0.15, -0.1) is 0 Å². The topological polar surface area (TPSA) is 70.2 Å². The molecular weight excluding hydrogens is 254 g/mol. The number of benzene rings is 1. The summed E-state index contributed by atoms with van der Waals surface area (Å²) in [5.74, 6) is -0.112. The van der Waals surface area contributed by atoms with Gasteiger partial charge >= 0.3 is 6.03 Å². The molecule has 20 heavy (non-hydrogen) atoms. The number of unbranched alkanes of at least 4 members (excludes halogenated alkanes) is 1. The van der Waals surface area contributed by atoms with Crippen LogP contribution >= 0.6 is 0 Å². The Morgan fingerprint density at radius 2 is 1.80 bits per heavy atom. The maximum absolute atomic E-state index is 11.8. The van der Waals surface area contributed by atoms with Crippen LogP contribution in [0.3, 0.4) is 0 Å². The van der Waals surface area contributed by atoms with Crippen LogP contribution in [0.25, 0.3) is 0 Å². The Hall–Kier alpha value is -2.04. The van der Waals surface area contributed by atoms with Gasteiger partial charge < -0.3 is 16.0 Å². The Bertz CT molecular complexity index is 441. The van der Waals surface area contributed by atoms with E-state index in [9.17, 15) is 9.59 Å². The number of rotatable bonds is 6. The van der Waals surface area contributed by atoms with E-state index in [1.165, 1.54) is 0 Å². The number of amides is 3. The van der Waals surface area contributed by atoms with E-state index in [1.54, 1.807) is 24.3 Å². The van der Waals surface area contributed by atoms with Crippen LogP contribution < -0.4 is 16.0 Å². The van der Waals surface area contributed by atoms with Crippen molar-refractivity contribution in [3.05, 3.63) is 29.8 Å². The summed E-state index contributed by atoms with van der Waals surface area (Å²) >= 11 is 0. The second kappa shape index (κ2) is 8.19. The lowest BCUT2D eigenvalue weighted by Crippen LogP contribution is -2.30. The first kappa shape index (κ1) is 16.0. The largest absolute Gasteiger partial charge is 0.350 e. The Morgan fingerprint density at radius 3 is 2.35 bits per heavy atom. The predicted molar refractivity (Wildman–Crippen MR) is 81.0 cm³/mol. The zero-order valence-corrected chi connectivity index (χ0v) is 12.3. The van der Waals surface area contributed by atoms with E-state index in [1.807, 2.05) is 13.8 Å². The van der Waals surface area contributed by atoms with Crippen molar-refractivity contribution in [1.82, 2.24) is 10.6 Å². The summed E-state index contributed by atoms with van der Waals surface area (Å²) < 4.78 is 0. The first-order valence-electron chi connectivity index (χ1n) is 6.98. The number of urea groups is 1. The van der Waals surface area contributed by atoms with E-state index in [2.05, 4.69) is 22.9 Å². The third-order valence-electron chi connectivity index (χ3n) is 2.64. The van der Waals surface area contributed by atoms with Gasteiger partial charge in [-0.1, -0.05) is 13.3 Å². The molecule has 3 N–H and O–H groups in total. The zero-order chi connectivity index (χ0) is 15.0. The molecule has 110 valence electrons. The molecular formula is C15H23N3O2. The third-order valence-corrected chi connectivity index (χ3v) is 2.64. The highest BCUT2D eigenvalue weighted by Gasteiger charge is 2.07. The number of carbonyl (C=O) groups is 2. The van der Waals surface area contributed by atoms with Gasteiger partial charge in [0.15, 0.2) is 0 Å². The minimum atomic E-state index is -0.224. The molecule has 0 fully saturated rings. The van der Waals surface area contributed by atoms with Crippen molar-refractivity contribution in [2.45, 2.75) is 39.7 Å². The zero-order valence-electron chi connectivity index (χ0n) is 12.3. The fourth-order valence-corrected chi connectivity index (χ4v) is 1.60. The Balaban J connectivity index is 2.50. The van der Waals surface area contributed by atoms with Gasteiger partial charge in [-0.2, -0.15) is 0 Å². The molecule has 0 aliphatic heterocycles. The second-order valence-corrected chi connectivity index (χ2v) is 4.94. The molecule has 3 amide bonds. The summed E-state index contributed by atoms with van der Waals surface area (Å²) in [5, 5.41) is 8.31. The van der Waals surface area contributed by atoms with Crippen molar-refractivity contribution in [3.8, 4) is 0 Å². The van der Waals surface area contributed by atoms with Gasteiger partial charge in [0.1, 0.15) is 0 Å². The van der Waals surface area contributed by atoms with Crippen molar-refractivity contribution < 1.29 is 9.59 Å². The number of hydrogen-bond acceptors (Lipinski definition) is 2. The monoisotopic (exact) mass is 277 g/mol. The SMILES string of the molecule is CCCCNC(=O)Nc1ccc(C(=O)NC(C)C)cc1. The predicted octanol–water partition coefficient (Wildman–Crippen LogP) is 2.75. The molecule has 0 bridgehead atoms. The molecule has 0 saturated carbocycles. The van der Waals surface area contributed by atoms with Gasteiger partial charge in [0.05, 0.1) is 0 Å². The Labute approximate surface area is 120 Å². The highest BCUT2D eigenvalue weighted by atomic mass is 16.2. The standard InChI is InChI=1S/C15H23N3O2/c1-4-5-10-16-15(20)18-13-8-6-12(7-9-13)14(19)17-11(2)3/h6-9,11H,4-5,10H2,1-3H3,(H,17,19)(H2,16,18,20). The summed E-state index contributed by atoms with van der Waals surface area (Å²) in [4.78, 5) is 23.3. The minimum absolute atomic E-state index is 0.102. The van der Waals surface area contributed by atoms with E-state index in [-0.39, 0.29) is 18.0 Å². The normalized spacial score (nSPS) is 10.2. The third kappa shape index (κ3) is 5.73. The molecule has 5 nitrogen and oxygen atoms in total. The second-order valence-electron chi connectivity index (χ2n) is 4.94. The van der Waals surface area contributed by atoms with Crippen LogP contribution in [0.1, 0.15) is 44.0 Å². The summed E-state index contributed by atoms with van der Waals surface area (Å²) in [6.07, 6.45) is 2.00. The van der Waals surface area contributed by atoms with Crippen LogP contribution in [-0.4, -0.2) is 24.5 Å². The molecule has 1 rings (SSSR count). The first-order chi connectivity index (χ1) is 9.52. The number of anilines is 1. The summed E-state index contributed by atoms with van der Waals surface area (Å²) in [6, 6.07) is 6.70. The fourth-order valence-electron chi connectivity index (χ4n) is 1.60. The molecule has 0 atom stereocenters. The molecule has 1 aromatic rings. The van der Waals surface area contributed by atoms with Crippen molar-refractivity contribution in [1.29, 1.82) is 0 Å². The lowest BCUT2D eigenvalue weighted by atomic mass is 10.2. The van der Waals surface area contributed by atoms with E-state index in [0.717, 1.165) is 12.8 Å².